The van der Waals surface area contributed by atoms with Crippen molar-refractivity contribution < 1.29 is 9.13 Å². The first-order valence-corrected chi connectivity index (χ1v) is 7.58. The summed E-state index contributed by atoms with van der Waals surface area (Å²) < 4.78 is 18.5. The molecule has 0 radical (unpaired) electrons. The molecular formula is C15H15ClFNOS. The van der Waals surface area contributed by atoms with E-state index in [1.165, 1.54) is 12.1 Å². The molecule has 0 aliphatic rings. The maximum Gasteiger partial charge on any atom is 0.125 e. The van der Waals surface area contributed by atoms with Gasteiger partial charge in [-0.2, -0.15) is 0 Å². The zero-order valence-corrected chi connectivity index (χ0v) is 12.4. The predicted molar refractivity (Wildman–Crippen MR) is 83.1 cm³/mol. The van der Waals surface area contributed by atoms with Gasteiger partial charge in [-0.1, -0.05) is 11.6 Å². The molecule has 0 saturated heterocycles. The van der Waals surface area contributed by atoms with Crippen LogP contribution in [-0.2, 0) is 0 Å². The Labute approximate surface area is 127 Å². The van der Waals surface area contributed by atoms with E-state index < -0.39 is 0 Å². The Morgan fingerprint density at radius 1 is 1.15 bits per heavy atom. The van der Waals surface area contributed by atoms with Crippen molar-refractivity contribution in [1.82, 2.24) is 0 Å². The molecule has 2 N–H and O–H groups in total. The number of anilines is 1. The van der Waals surface area contributed by atoms with Gasteiger partial charge in [-0.3, -0.25) is 0 Å². The molecule has 0 atom stereocenters. The van der Waals surface area contributed by atoms with Gasteiger partial charge in [0.25, 0.3) is 0 Å². The molecule has 0 aliphatic carbocycles. The third-order valence-corrected chi connectivity index (χ3v) is 4.03. The molecule has 0 aromatic heterocycles. The number of hydrogen-bond acceptors (Lipinski definition) is 3. The Hall–Kier alpha value is -1.39. The Kier molecular flexibility index (Phi) is 5.56. The fourth-order valence-corrected chi connectivity index (χ4v) is 2.61. The highest BCUT2D eigenvalue weighted by molar-refractivity contribution is 7.99. The Bertz CT molecular complexity index is 562. The monoisotopic (exact) mass is 311 g/mol. The molecule has 0 aliphatic heterocycles. The van der Waals surface area contributed by atoms with Gasteiger partial charge in [-0.25, -0.2) is 4.39 Å². The predicted octanol–water partition coefficient (Wildman–Crippen LogP) is 4.62. The molecule has 2 nitrogen and oxygen atoms in total. The lowest BCUT2D eigenvalue weighted by Crippen LogP contribution is -1.99. The van der Waals surface area contributed by atoms with Crippen LogP contribution in [0.4, 0.5) is 10.1 Å². The van der Waals surface area contributed by atoms with Gasteiger partial charge in [0.1, 0.15) is 11.6 Å². The van der Waals surface area contributed by atoms with E-state index >= 15 is 0 Å². The van der Waals surface area contributed by atoms with Crippen LogP contribution < -0.4 is 10.5 Å². The first-order valence-electron chi connectivity index (χ1n) is 6.21. The molecular weight excluding hydrogens is 297 g/mol. The average Bonchev–Trinajstić information content (AvgIpc) is 2.42. The smallest absolute Gasteiger partial charge is 0.125 e. The second-order valence-corrected chi connectivity index (χ2v) is 5.76. The molecule has 0 bridgehead atoms. The zero-order valence-electron chi connectivity index (χ0n) is 10.8. The summed E-state index contributed by atoms with van der Waals surface area (Å²) in [6.07, 6.45) is 0.879. The fourth-order valence-electron chi connectivity index (χ4n) is 1.61. The molecule has 0 fully saturated rings. The van der Waals surface area contributed by atoms with E-state index in [1.807, 2.05) is 12.1 Å². The van der Waals surface area contributed by atoms with Crippen LogP contribution in [0.5, 0.6) is 5.75 Å². The van der Waals surface area contributed by atoms with Crippen LogP contribution in [-0.4, -0.2) is 12.4 Å². The van der Waals surface area contributed by atoms with Crippen LogP contribution in [0, 0.1) is 5.82 Å². The van der Waals surface area contributed by atoms with Crippen LogP contribution in [0.3, 0.4) is 0 Å². The van der Waals surface area contributed by atoms with Gasteiger partial charge < -0.3 is 10.5 Å². The van der Waals surface area contributed by atoms with E-state index in [-0.39, 0.29) is 5.82 Å². The van der Waals surface area contributed by atoms with E-state index in [0.29, 0.717) is 17.3 Å². The Morgan fingerprint density at radius 2 is 1.90 bits per heavy atom. The first-order chi connectivity index (χ1) is 9.65. The standard InChI is InChI=1S/C15H15ClFNOS/c16-11-2-5-13(6-3-11)19-8-1-9-20-15-7-4-12(17)10-14(15)18/h2-7,10H,1,8-9,18H2. The van der Waals surface area contributed by atoms with Crippen molar-refractivity contribution in [2.45, 2.75) is 11.3 Å². The lowest BCUT2D eigenvalue weighted by Gasteiger charge is -2.07. The van der Waals surface area contributed by atoms with E-state index in [4.69, 9.17) is 22.1 Å². The first kappa shape index (κ1) is 15.0. The summed E-state index contributed by atoms with van der Waals surface area (Å²) in [6.45, 7) is 0.621. The molecule has 0 saturated carbocycles. The number of hydrogen-bond donors (Lipinski definition) is 1. The van der Waals surface area contributed by atoms with E-state index in [1.54, 1.807) is 30.0 Å². The number of nitrogen functional groups attached to an aromatic ring is 1. The summed E-state index contributed by atoms with van der Waals surface area (Å²) in [5.41, 5.74) is 6.22. The number of benzene rings is 2. The topological polar surface area (TPSA) is 35.2 Å². The molecule has 0 unspecified atom stereocenters. The molecule has 0 heterocycles. The summed E-state index contributed by atoms with van der Waals surface area (Å²) in [6, 6.07) is 11.7. The highest BCUT2D eigenvalue weighted by atomic mass is 35.5. The number of halogens is 2. The van der Waals surface area contributed by atoms with Crippen molar-refractivity contribution in [3.8, 4) is 5.75 Å². The molecule has 20 heavy (non-hydrogen) atoms. The third kappa shape index (κ3) is 4.62. The van der Waals surface area contributed by atoms with Gasteiger partial charge in [-0.15, -0.1) is 11.8 Å². The fraction of sp³-hybridized carbons (Fsp3) is 0.200. The van der Waals surface area contributed by atoms with Crippen molar-refractivity contribution in [2.24, 2.45) is 0 Å². The van der Waals surface area contributed by atoms with Crippen molar-refractivity contribution in [2.75, 3.05) is 18.1 Å². The van der Waals surface area contributed by atoms with Crippen LogP contribution >= 0.6 is 23.4 Å². The molecule has 2 rings (SSSR count). The molecule has 2 aromatic carbocycles. The van der Waals surface area contributed by atoms with E-state index in [2.05, 4.69) is 0 Å². The molecule has 5 heteroatoms. The quantitative estimate of drug-likeness (QED) is 0.480. The minimum Gasteiger partial charge on any atom is -0.494 e. The lowest BCUT2D eigenvalue weighted by atomic mass is 10.3. The maximum absolute atomic E-state index is 12.9. The minimum absolute atomic E-state index is 0.307. The van der Waals surface area contributed by atoms with Gasteiger partial charge in [0.15, 0.2) is 0 Å². The van der Waals surface area contributed by atoms with Crippen LogP contribution in [0.25, 0.3) is 0 Å². The van der Waals surface area contributed by atoms with Crippen molar-refractivity contribution in [1.29, 1.82) is 0 Å². The van der Waals surface area contributed by atoms with Gasteiger partial charge in [0.05, 0.1) is 6.61 Å². The lowest BCUT2D eigenvalue weighted by molar-refractivity contribution is 0.319. The Morgan fingerprint density at radius 3 is 2.60 bits per heavy atom. The summed E-state index contributed by atoms with van der Waals surface area (Å²) >= 11 is 7.39. The largest absolute Gasteiger partial charge is 0.494 e. The van der Waals surface area contributed by atoms with Crippen LogP contribution in [0.15, 0.2) is 47.4 Å². The van der Waals surface area contributed by atoms with Crippen molar-refractivity contribution >= 4 is 29.1 Å². The Balaban J connectivity index is 1.70. The van der Waals surface area contributed by atoms with Gasteiger partial charge in [0.2, 0.25) is 0 Å². The summed E-state index contributed by atoms with van der Waals surface area (Å²) in [4.78, 5) is 0.901. The van der Waals surface area contributed by atoms with Crippen molar-refractivity contribution in [3.05, 3.63) is 53.3 Å². The van der Waals surface area contributed by atoms with Crippen LogP contribution in [0.2, 0.25) is 5.02 Å². The molecule has 106 valence electrons. The average molecular weight is 312 g/mol. The minimum atomic E-state index is -0.307. The summed E-state index contributed by atoms with van der Waals surface area (Å²) in [5, 5.41) is 0.694. The highest BCUT2D eigenvalue weighted by Gasteiger charge is 2.01. The number of ether oxygens (including phenoxy) is 1. The zero-order chi connectivity index (χ0) is 14.4. The SMILES string of the molecule is Nc1cc(F)ccc1SCCCOc1ccc(Cl)cc1. The highest BCUT2D eigenvalue weighted by Crippen LogP contribution is 2.26. The molecule has 0 amide bonds. The van der Waals surface area contributed by atoms with E-state index in [0.717, 1.165) is 22.8 Å². The van der Waals surface area contributed by atoms with E-state index in [9.17, 15) is 4.39 Å². The van der Waals surface area contributed by atoms with Crippen LogP contribution in [0.1, 0.15) is 6.42 Å². The number of rotatable bonds is 6. The normalized spacial score (nSPS) is 10.5. The third-order valence-electron chi connectivity index (χ3n) is 2.60. The number of thioether (sulfide) groups is 1. The number of nitrogens with two attached hydrogens (primary N) is 1. The summed E-state index contributed by atoms with van der Waals surface area (Å²) in [5.74, 6) is 1.36. The molecule has 2 aromatic rings. The van der Waals surface area contributed by atoms with Gasteiger partial charge in [0, 0.05) is 21.4 Å². The maximum atomic E-state index is 12.9. The van der Waals surface area contributed by atoms with Gasteiger partial charge in [-0.05, 0) is 48.9 Å². The van der Waals surface area contributed by atoms with Crippen molar-refractivity contribution in [3.63, 3.8) is 0 Å². The second-order valence-electron chi connectivity index (χ2n) is 4.19. The van der Waals surface area contributed by atoms with Gasteiger partial charge >= 0.3 is 0 Å². The molecule has 0 spiro atoms. The summed E-state index contributed by atoms with van der Waals surface area (Å²) in [7, 11) is 0. The second kappa shape index (κ2) is 7.41.